The molecule has 8 bridgehead atoms. The highest BCUT2D eigenvalue weighted by atomic mass is 16.5. The monoisotopic (exact) mass is 824 g/mol. The van der Waals surface area contributed by atoms with E-state index in [4.69, 9.17) is 18.9 Å². The van der Waals surface area contributed by atoms with Gasteiger partial charge < -0.3 is 39.4 Å². The molecule has 60 heavy (non-hydrogen) atoms. The molecule has 0 aromatic heterocycles. The van der Waals surface area contributed by atoms with E-state index in [2.05, 4.69) is 27.7 Å². The fraction of sp³-hybridized carbons (Fsp3) is 0.417. The number of hydrogen-bond acceptors (Lipinski definition) is 8. The summed E-state index contributed by atoms with van der Waals surface area (Å²) in [5.41, 5.74) is 17.6. The van der Waals surface area contributed by atoms with Gasteiger partial charge in [0.05, 0.1) is 0 Å². The van der Waals surface area contributed by atoms with Gasteiger partial charge in [0, 0.05) is 0 Å². The summed E-state index contributed by atoms with van der Waals surface area (Å²) in [6, 6.07) is 0. The van der Waals surface area contributed by atoms with Crippen molar-refractivity contribution in [2.24, 2.45) is 0 Å². The van der Waals surface area contributed by atoms with Gasteiger partial charge in [0.15, 0.2) is 26.4 Å². The van der Waals surface area contributed by atoms with E-state index < -0.39 is 50.3 Å². The highest BCUT2D eigenvalue weighted by molar-refractivity contribution is 5.72. The summed E-state index contributed by atoms with van der Waals surface area (Å²) in [5, 5.41) is 38.9. The topological polar surface area (TPSA) is 186 Å². The van der Waals surface area contributed by atoms with Crippen molar-refractivity contribution >= 4 is 23.9 Å². The zero-order valence-corrected chi connectivity index (χ0v) is 36.7. The first-order valence-corrected chi connectivity index (χ1v) is 19.9. The Labute approximate surface area is 351 Å². The van der Waals surface area contributed by atoms with Crippen LogP contribution < -0.4 is 18.9 Å². The second kappa shape index (κ2) is 17.7. The lowest BCUT2D eigenvalue weighted by Crippen LogP contribution is -2.18. The Morgan fingerprint density at radius 2 is 0.433 bits per heavy atom. The average Bonchev–Trinajstić information content (AvgIpc) is 3.15. The lowest BCUT2D eigenvalue weighted by molar-refractivity contribution is -0.140. The van der Waals surface area contributed by atoms with E-state index in [0.29, 0.717) is 48.7 Å². The van der Waals surface area contributed by atoms with Crippen LogP contribution in [0.2, 0.25) is 0 Å². The predicted octanol–water partition coefficient (Wildman–Crippen LogP) is 7.92. The van der Waals surface area contributed by atoms with Crippen molar-refractivity contribution in [2.75, 3.05) is 26.4 Å². The maximum Gasteiger partial charge on any atom is 0.341 e. The molecule has 1 aliphatic rings. The van der Waals surface area contributed by atoms with E-state index in [1.165, 1.54) is 0 Å². The second-order valence-electron chi connectivity index (χ2n) is 16.1. The molecule has 0 spiro atoms. The van der Waals surface area contributed by atoms with Gasteiger partial charge >= 0.3 is 23.9 Å². The van der Waals surface area contributed by atoms with Crippen LogP contribution in [0.5, 0.6) is 23.0 Å². The number of carboxylic acid groups (broad SMARTS) is 4. The molecule has 12 heteroatoms. The van der Waals surface area contributed by atoms with Gasteiger partial charge in [-0.15, -0.1) is 0 Å². The number of hydrogen-bond donors (Lipinski definition) is 4. The van der Waals surface area contributed by atoms with Crippen molar-refractivity contribution in [3.8, 4) is 23.0 Å². The molecule has 1 aliphatic carbocycles. The third-order valence-electron chi connectivity index (χ3n) is 12.7. The average molecular weight is 825 g/mol. The van der Waals surface area contributed by atoms with Gasteiger partial charge in [-0.1, -0.05) is 0 Å². The van der Waals surface area contributed by atoms with Crippen molar-refractivity contribution in [3.63, 3.8) is 0 Å². The van der Waals surface area contributed by atoms with Crippen LogP contribution in [-0.4, -0.2) is 70.7 Å². The second-order valence-corrected chi connectivity index (χ2v) is 16.1. The van der Waals surface area contributed by atoms with Gasteiger partial charge in [-0.3, -0.25) is 0 Å². The van der Waals surface area contributed by atoms with Crippen LogP contribution in [0.4, 0.5) is 0 Å². The van der Waals surface area contributed by atoms with E-state index in [9.17, 15) is 39.6 Å². The van der Waals surface area contributed by atoms with Gasteiger partial charge in [0.25, 0.3) is 0 Å². The number of fused-ring (bicyclic) bond motifs is 8. The highest BCUT2D eigenvalue weighted by Crippen LogP contribution is 2.45. The van der Waals surface area contributed by atoms with E-state index in [0.717, 1.165) is 111 Å². The smallest absolute Gasteiger partial charge is 0.341 e. The Balaban J connectivity index is 2.00. The van der Waals surface area contributed by atoms with Crippen molar-refractivity contribution in [2.45, 2.75) is 109 Å². The van der Waals surface area contributed by atoms with Crippen LogP contribution >= 0.6 is 0 Å². The van der Waals surface area contributed by atoms with Gasteiger partial charge in [-0.05, 0) is 220 Å². The van der Waals surface area contributed by atoms with Gasteiger partial charge in [-0.2, -0.15) is 0 Å². The molecular formula is C48H56O12. The summed E-state index contributed by atoms with van der Waals surface area (Å²) in [7, 11) is 0. The highest BCUT2D eigenvalue weighted by Gasteiger charge is 2.29. The molecule has 5 rings (SSSR count). The molecule has 0 amide bonds. The standard InChI is InChI=1S/C48H56O12/c1-21-33-13-35-22(2)37(29(9)46(27(35)7)58-18-42(51)52)15-39-24(4)40(32(12)48(31(39)11)60-20-44(55)56)16-38-23(3)36(28(8)47(30(38)10)59-19-43(53)54)14-34(21)26(6)45(25(33)5)57-17-41(49)50/h13-20H2,1-12H3,(H,49,50)(H,51,52)(H,53,54)(H,55,56). The molecule has 0 unspecified atom stereocenters. The van der Waals surface area contributed by atoms with Crippen molar-refractivity contribution in [1.29, 1.82) is 0 Å². The van der Waals surface area contributed by atoms with Gasteiger partial charge in [-0.25, -0.2) is 19.2 Å². The third-order valence-corrected chi connectivity index (χ3v) is 12.7. The van der Waals surface area contributed by atoms with Gasteiger partial charge in [0.2, 0.25) is 0 Å². The molecule has 0 radical (unpaired) electrons. The molecule has 4 aromatic rings. The van der Waals surface area contributed by atoms with E-state index in [1.807, 2.05) is 55.4 Å². The Morgan fingerprint density at radius 1 is 0.300 bits per heavy atom. The zero-order chi connectivity index (χ0) is 44.7. The molecule has 0 fully saturated rings. The molecule has 12 nitrogen and oxygen atoms in total. The third kappa shape index (κ3) is 8.50. The Morgan fingerprint density at radius 3 is 0.550 bits per heavy atom. The lowest BCUT2D eigenvalue weighted by atomic mass is 9.78. The Bertz CT molecular complexity index is 2010. The zero-order valence-electron chi connectivity index (χ0n) is 36.7. The maximum atomic E-state index is 11.9. The molecule has 4 N–H and O–H groups in total. The van der Waals surface area contributed by atoms with Crippen molar-refractivity contribution in [3.05, 3.63) is 111 Å². The molecule has 0 saturated carbocycles. The predicted molar refractivity (Wildman–Crippen MR) is 226 cm³/mol. The normalized spacial score (nSPS) is 12.2. The summed E-state index contributed by atoms with van der Waals surface area (Å²) < 4.78 is 24.3. The number of carboxylic acids is 4. The Kier molecular flexibility index (Phi) is 13.3. The first-order chi connectivity index (χ1) is 28.1. The fourth-order valence-electron chi connectivity index (χ4n) is 9.43. The van der Waals surface area contributed by atoms with Crippen molar-refractivity contribution < 1.29 is 58.6 Å². The molecule has 0 heterocycles. The summed E-state index contributed by atoms with van der Waals surface area (Å²) in [6.07, 6.45) is 1.54. The molecule has 0 atom stereocenters. The van der Waals surface area contributed by atoms with Crippen LogP contribution in [0.25, 0.3) is 0 Å². The number of carbonyl (C=O) groups is 4. The van der Waals surface area contributed by atoms with Crippen LogP contribution in [0.1, 0.15) is 111 Å². The summed E-state index contributed by atoms with van der Waals surface area (Å²) in [4.78, 5) is 47.5. The van der Waals surface area contributed by atoms with E-state index >= 15 is 0 Å². The van der Waals surface area contributed by atoms with Crippen LogP contribution in [-0.2, 0) is 44.9 Å². The largest absolute Gasteiger partial charge is 0.481 e. The minimum Gasteiger partial charge on any atom is -0.481 e. The first-order valence-electron chi connectivity index (χ1n) is 19.9. The first kappa shape index (κ1) is 45.1. The molecular weight excluding hydrogens is 769 g/mol. The summed E-state index contributed by atoms with van der Waals surface area (Å²) in [5.74, 6) is -2.58. The number of aliphatic carboxylic acids is 4. The van der Waals surface area contributed by atoms with Gasteiger partial charge in [0.1, 0.15) is 23.0 Å². The number of ether oxygens (including phenoxy) is 4. The number of benzene rings is 4. The fourth-order valence-corrected chi connectivity index (χ4v) is 9.43. The molecule has 0 aliphatic heterocycles. The number of rotatable bonds is 12. The maximum absolute atomic E-state index is 11.9. The minimum absolute atomic E-state index is 0.386. The Hall–Kier alpha value is -6.04. The van der Waals surface area contributed by atoms with Crippen LogP contribution in [0.15, 0.2) is 0 Å². The van der Waals surface area contributed by atoms with E-state index in [1.54, 1.807) is 0 Å². The quantitative estimate of drug-likeness (QED) is 0.0954. The SMILES string of the molecule is Cc1c2c(C)c(OCC(=O)O)c(C)c1Cc1c(C)c(c(C)c(OCC(=O)O)c1C)Cc1c(C)c(c(C)c(OCC(=O)O)c1C)Cc1c(C)c(c(C)c(OCC(=O)O)c1C)C2. The lowest BCUT2D eigenvalue weighted by Gasteiger charge is -2.29. The van der Waals surface area contributed by atoms with E-state index in [-0.39, 0.29) is 0 Å². The summed E-state index contributed by atoms with van der Waals surface area (Å²) >= 11 is 0. The van der Waals surface area contributed by atoms with Crippen LogP contribution in [0, 0.1) is 83.1 Å². The van der Waals surface area contributed by atoms with Crippen molar-refractivity contribution in [1.82, 2.24) is 0 Å². The van der Waals surface area contributed by atoms with Crippen LogP contribution in [0.3, 0.4) is 0 Å². The molecule has 4 aromatic carbocycles. The minimum atomic E-state index is -1.11. The summed E-state index contributed by atoms with van der Waals surface area (Å²) in [6.45, 7) is 21.4. The molecule has 320 valence electrons. The molecule has 0 saturated heterocycles.